The van der Waals surface area contributed by atoms with Gasteiger partial charge < -0.3 is 20.1 Å². The van der Waals surface area contributed by atoms with E-state index >= 15 is 0 Å². The highest BCUT2D eigenvalue weighted by molar-refractivity contribution is 7.89. The summed E-state index contributed by atoms with van der Waals surface area (Å²) < 4.78 is 36.7. The summed E-state index contributed by atoms with van der Waals surface area (Å²) in [7, 11) is -2.57. The number of methoxy groups -OCH3 is 1. The highest BCUT2D eigenvalue weighted by atomic mass is 32.2. The Bertz CT molecular complexity index is 1270. The van der Waals surface area contributed by atoms with Gasteiger partial charge in [0.1, 0.15) is 6.04 Å². The molecule has 0 bridgehead atoms. The first kappa shape index (κ1) is 30.5. The Kier molecular flexibility index (Phi) is 11.0. The van der Waals surface area contributed by atoms with Crippen LogP contribution in [0.5, 0.6) is 0 Å². The third-order valence-electron chi connectivity index (χ3n) is 5.60. The summed E-state index contributed by atoms with van der Waals surface area (Å²) in [6, 6.07) is 10.6. The van der Waals surface area contributed by atoms with Crippen LogP contribution in [0.15, 0.2) is 53.4 Å². The molecule has 2 N–H and O–H groups in total. The Balaban J connectivity index is 2.09. The lowest BCUT2D eigenvalue weighted by Gasteiger charge is -2.21. The quantitative estimate of drug-likeness (QED) is 0.385. The van der Waals surface area contributed by atoms with Crippen molar-refractivity contribution in [2.45, 2.75) is 38.6 Å². The van der Waals surface area contributed by atoms with Crippen LogP contribution in [-0.2, 0) is 29.1 Å². The van der Waals surface area contributed by atoms with Crippen molar-refractivity contribution in [2.75, 3.05) is 32.1 Å². The first-order chi connectivity index (χ1) is 18.0. The summed E-state index contributed by atoms with van der Waals surface area (Å²) >= 11 is 0. The molecule has 0 aliphatic rings. The normalized spacial score (nSPS) is 12.1. The Labute approximate surface area is 222 Å². The number of nitrogens with one attached hydrogen (secondary N) is 2. The van der Waals surface area contributed by atoms with Crippen LogP contribution in [0.3, 0.4) is 0 Å². The number of carbonyl (C=O) groups excluding carboxylic acids is 4. The highest BCUT2D eigenvalue weighted by Crippen LogP contribution is 2.18. The lowest BCUT2D eigenvalue weighted by molar-refractivity contribution is -0.150. The van der Waals surface area contributed by atoms with Crippen LogP contribution in [0.1, 0.15) is 48.4 Å². The van der Waals surface area contributed by atoms with Crippen LogP contribution in [0.25, 0.3) is 0 Å². The van der Waals surface area contributed by atoms with E-state index in [1.54, 1.807) is 39.8 Å². The van der Waals surface area contributed by atoms with Crippen molar-refractivity contribution in [2.24, 2.45) is 5.92 Å². The smallest absolute Gasteiger partial charge is 0.339 e. The van der Waals surface area contributed by atoms with Crippen molar-refractivity contribution in [1.82, 2.24) is 9.62 Å². The van der Waals surface area contributed by atoms with Gasteiger partial charge in [-0.05, 0) is 36.2 Å². The number of esters is 2. The van der Waals surface area contributed by atoms with Crippen molar-refractivity contribution in [1.29, 1.82) is 0 Å². The molecule has 2 aromatic rings. The largest absolute Gasteiger partial charge is 0.465 e. The van der Waals surface area contributed by atoms with Crippen molar-refractivity contribution in [3.8, 4) is 0 Å². The van der Waals surface area contributed by atoms with E-state index in [9.17, 15) is 27.6 Å². The van der Waals surface area contributed by atoms with Gasteiger partial charge in [-0.1, -0.05) is 45.9 Å². The monoisotopic (exact) mass is 547 g/mol. The molecule has 0 aliphatic heterocycles. The molecule has 2 rings (SSSR count). The lowest BCUT2D eigenvalue weighted by atomic mass is 10.0. The molecule has 0 unspecified atom stereocenters. The van der Waals surface area contributed by atoms with E-state index in [-0.39, 0.29) is 34.8 Å². The van der Waals surface area contributed by atoms with E-state index < -0.39 is 52.3 Å². The molecule has 0 saturated heterocycles. The average Bonchev–Trinajstić information content (AvgIpc) is 2.90. The average molecular weight is 548 g/mol. The Morgan fingerprint density at radius 1 is 0.974 bits per heavy atom. The maximum atomic E-state index is 12.9. The second kappa shape index (κ2) is 13.7. The predicted octanol–water partition coefficient (Wildman–Crippen LogP) is 2.44. The van der Waals surface area contributed by atoms with Gasteiger partial charge in [-0.3, -0.25) is 9.59 Å². The molecule has 0 saturated carbocycles. The number of hydrogen-bond donors (Lipinski definition) is 2. The van der Waals surface area contributed by atoms with E-state index in [4.69, 9.17) is 4.74 Å². The van der Waals surface area contributed by atoms with Crippen molar-refractivity contribution < 1.29 is 37.1 Å². The highest BCUT2D eigenvalue weighted by Gasteiger charge is 2.28. The zero-order valence-corrected chi connectivity index (χ0v) is 22.8. The zero-order chi connectivity index (χ0) is 28.5. The molecule has 0 spiro atoms. The molecule has 0 radical (unpaired) electrons. The number of rotatable bonds is 12. The minimum atomic E-state index is -3.78. The second-order valence-corrected chi connectivity index (χ2v) is 10.4. The van der Waals surface area contributed by atoms with Gasteiger partial charge in [0.05, 0.1) is 23.3 Å². The first-order valence-electron chi connectivity index (χ1n) is 12.0. The van der Waals surface area contributed by atoms with E-state index in [2.05, 4.69) is 15.4 Å². The SMILES string of the molecule is CCN(CC)S(=O)(=O)c1cccc(C(=O)N[C@H](C(=O)OCC(=O)Nc2ccccc2C(=O)OC)C(C)C)c1. The molecule has 0 heterocycles. The molecule has 206 valence electrons. The number of nitrogens with zero attached hydrogens (tertiary/aromatic N) is 1. The number of sulfonamides is 1. The summed E-state index contributed by atoms with van der Waals surface area (Å²) in [5, 5.41) is 5.05. The summed E-state index contributed by atoms with van der Waals surface area (Å²) in [4.78, 5) is 49.8. The van der Waals surface area contributed by atoms with Gasteiger partial charge in [0.25, 0.3) is 11.8 Å². The minimum Gasteiger partial charge on any atom is -0.465 e. The third kappa shape index (κ3) is 7.62. The maximum absolute atomic E-state index is 12.9. The summed E-state index contributed by atoms with van der Waals surface area (Å²) in [5.41, 5.74) is 0.370. The predicted molar refractivity (Wildman–Crippen MR) is 140 cm³/mol. The topological polar surface area (TPSA) is 148 Å². The van der Waals surface area contributed by atoms with Crippen LogP contribution < -0.4 is 10.6 Å². The number of para-hydroxylation sites is 1. The molecule has 2 aromatic carbocycles. The van der Waals surface area contributed by atoms with Crippen LogP contribution in [0, 0.1) is 5.92 Å². The van der Waals surface area contributed by atoms with Crippen molar-refractivity contribution in [3.63, 3.8) is 0 Å². The summed E-state index contributed by atoms with van der Waals surface area (Å²) in [5.74, 6) is -3.27. The van der Waals surface area contributed by atoms with Crippen molar-refractivity contribution in [3.05, 3.63) is 59.7 Å². The lowest BCUT2D eigenvalue weighted by Crippen LogP contribution is -2.46. The fourth-order valence-electron chi connectivity index (χ4n) is 3.53. The van der Waals surface area contributed by atoms with Gasteiger partial charge in [0.2, 0.25) is 10.0 Å². The van der Waals surface area contributed by atoms with Gasteiger partial charge in [-0.2, -0.15) is 4.31 Å². The van der Waals surface area contributed by atoms with Gasteiger partial charge in [-0.25, -0.2) is 18.0 Å². The fourth-order valence-corrected chi connectivity index (χ4v) is 5.03. The number of benzene rings is 2. The Morgan fingerprint density at radius 2 is 1.63 bits per heavy atom. The number of carbonyl (C=O) groups is 4. The van der Waals surface area contributed by atoms with E-state index in [0.717, 1.165) is 0 Å². The van der Waals surface area contributed by atoms with E-state index in [1.165, 1.54) is 47.8 Å². The first-order valence-corrected chi connectivity index (χ1v) is 13.4. The Morgan fingerprint density at radius 3 is 2.24 bits per heavy atom. The molecule has 0 fully saturated rings. The Hall–Kier alpha value is -3.77. The fraction of sp³-hybridized carbons (Fsp3) is 0.385. The zero-order valence-electron chi connectivity index (χ0n) is 22.0. The van der Waals surface area contributed by atoms with Crippen molar-refractivity contribution >= 4 is 39.5 Å². The minimum absolute atomic E-state index is 0.0403. The van der Waals surface area contributed by atoms with Gasteiger partial charge >= 0.3 is 11.9 Å². The molecule has 38 heavy (non-hydrogen) atoms. The van der Waals surface area contributed by atoms with Crippen LogP contribution >= 0.6 is 0 Å². The number of hydrogen-bond acceptors (Lipinski definition) is 8. The second-order valence-electron chi connectivity index (χ2n) is 8.51. The summed E-state index contributed by atoms with van der Waals surface area (Å²) in [6.45, 7) is 6.69. The standard InChI is InChI=1S/C26H33N3O8S/c1-6-29(7-2)38(34,35)19-12-10-11-18(15-19)24(31)28-23(17(3)4)26(33)37-16-22(30)27-21-14-9-8-13-20(21)25(32)36-5/h8-15,17,23H,6-7,16H2,1-5H3,(H,27,30)(H,28,31)/t23-/m0/s1. The number of ether oxygens (including phenoxy) is 2. The number of anilines is 1. The summed E-state index contributed by atoms with van der Waals surface area (Å²) in [6.07, 6.45) is 0. The van der Waals surface area contributed by atoms with Crippen LogP contribution in [0.2, 0.25) is 0 Å². The molecule has 1 atom stereocenters. The van der Waals surface area contributed by atoms with Gasteiger partial charge in [0.15, 0.2) is 6.61 Å². The molecule has 11 nitrogen and oxygen atoms in total. The molecule has 2 amide bonds. The van der Waals surface area contributed by atoms with Crippen LogP contribution in [0.4, 0.5) is 5.69 Å². The number of amides is 2. The molecule has 0 aromatic heterocycles. The van der Waals surface area contributed by atoms with Gasteiger partial charge in [0, 0.05) is 18.7 Å². The molecular formula is C26H33N3O8S. The van der Waals surface area contributed by atoms with E-state index in [1.807, 2.05) is 0 Å². The van der Waals surface area contributed by atoms with E-state index in [0.29, 0.717) is 0 Å². The molecular weight excluding hydrogens is 514 g/mol. The molecule has 0 aliphatic carbocycles. The van der Waals surface area contributed by atoms with Gasteiger partial charge in [-0.15, -0.1) is 0 Å². The third-order valence-corrected chi connectivity index (χ3v) is 7.64. The maximum Gasteiger partial charge on any atom is 0.339 e. The molecule has 12 heteroatoms. The van der Waals surface area contributed by atoms with Crippen LogP contribution in [-0.4, -0.2) is 69.3 Å².